The molecule has 0 saturated heterocycles. The van der Waals surface area contributed by atoms with Gasteiger partial charge in [0.05, 0.1) is 0 Å². The van der Waals surface area contributed by atoms with Crippen molar-refractivity contribution in [2.45, 2.75) is 45.1 Å². The predicted octanol–water partition coefficient (Wildman–Crippen LogP) is 4.16. The van der Waals surface area contributed by atoms with Gasteiger partial charge in [0.1, 0.15) is 5.60 Å². The molecule has 0 unspecified atom stereocenters. The first-order valence-corrected chi connectivity index (χ1v) is 6.87. The van der Waals surface area contributed by atoms with Gasteiger partial charge >= 0.3 is 5.97 Å². The van der Waals surface area contributed by atoms with Crippen molar-refractivity contribution in [1.29, 1.82) is 0 Å². The van der Waals surface area contributed by atoms with E-state index in [0.717, 1.165) is 25.7 Å². The molecule has 0 spiro atoms. The van der Waals surface area contributed by atoms with Crippen LogP contribution in [0.5, 0.6) is 11.5 Å². The third kappa shape index (κ3) is 3.40. The fourth-order valence-corrected chi connectivity index (χ4v) is 2.35. The Morgan fingerprint density at radius 2 is 1.71 bits per heavy atom. The van der Waals surface area contributed by atoms with Crippen LogP contribution >= 0.6 is 0 Å². The summed E-state index contributed by atoms with van der Waals surface area (Å²) in [4.78, 5) is 11.3. The topological polar surface area (TPSA) is 35.5 Å². The van der Waals surface area contributed by atoms with Gasteiger partial charge in [0.15, 0.2) is 11.5 Å². The number of halogens is 2. The van der Waals surface area contributed by atoms with Gasteiger partial charge in [0.2, 0.25) is 11.6 Å². The second-order valence-corrected chi connectivity index (χ2v) is 5.62. The number of hydrogen-bond acceptors (Lipinski definition) is 3. The molecule has 0 amide bonds. The smallest absolute Gasteiger partial charge is 0.338 e. The van der Waals surface area contributed by atoms with Crippen LogP contribution in [0.15, 0.2) is 24.3 Å². The van der Waals surface area contributed by atoms with E-state index in [1.165, 1.54) is 19.1 Å². The molecule has 1 aliphatic carbocycles. The SMILES string of the molecule is C=C(C)C(=O)Oc1ccc(OC2(C)CCCC2)c(F)c1F. The zero-order chi connectivity index (χ0) is 15.6. The molecule has 2 rings (SSSR count). The van der Waals surface area contributed by atoms with E-state index in [2.05, 4.69) is 6.58 Å². The van der Waals surface area contributed by atoms with Gasteiger partial charge in [0, 0.05) is 5.57 Å². The van der Waals surface area contributed by atoms with Crippen LogP contribution in [0.25, 0.3) is 0 Å². The quantitative estimate of drug-likeness (QED) is 0.475. The summed E-state index contributed by atoms with van der Waals surface area (Å²) in [5.74, 6) is -3.81. The average Bonchev–Trinajstić information content (AvgIpc) is 2.85. The van der Waals surface area contributed by atoms with Crippen molar-refractivity contribution in [2.75, 3.05) is 0 Å². The third-order valence-corrected chi connectivity index (χ3v) is 3.58. The van der Waals surface area contributed by atoms with Gasteiger partial charge in [0.25, 0.3) is 0 Å². The molecule has 1 fully saturated rings. The summed E-state index contributed by atoms with van der Waals surface area (Å²) in [6.45, 7) is 6.69. The molecule has 0 bridgehead atoms. The molecule has 21 heavy (non-hydrogen) atoms. The van der Waals surface area contributed by atoms with E-state index in [9.17, 15) is 13.6 Å². The Balaban J connectivity index is 2.21. The summed E-state index contributed by atoms with van der Waals surface area (Å²) in [5.41, 5.74) is -0.364. The van der Waals surface area contributed by atoms with E-state index in [0.29, 0.717) is 0 Å². The molecule has 0 atom stereocenters. The maximum absolute atomic E-state index is 14.0. The molecule has 1 aromatic carbocycles. The number of carbonyl (C=O) groups excluding carboxylic acids is 1. The number of carbonyl (C=O) groups is 1. The number of benzene rings is 1. The van der Waals surface area contributed by atoms with Crippen LogP contribution in [-0.4, -0.2) is 11.6 Å². The minimum atomic E-state index is -1.23. The molecule has 3 nitrogen and oxygen atoms in total. The van der Waals surface area contributed by atoms with E-state index in [1.54, 1.807) is 0 Å². The molecule has 114 valence electrons. The van der Waals surface area contributed by atoms with E-state index in [-0.39, 0.29) is 11.3 Å². The van der Waals surface area contributed by atoms with Gasteiger partial charge in [-0.15, -0.1) is 0 Å². The highest BCUT2D eigenvalue weighted by Crippen LogP contribution is 2.36. The van der Waals surface area contributed by atoms with Crippen molar-refractivity contribution >= 4 is 5.97 Å². The van der Waals surface area contributed by atoms with Gasteiger partial charge in [-0.3, -0.25) is 0 Å². The van der Waals surface area contributed by atoms with Gasteiger partial charge < -0.3 is 9.47 Å². The van der Waals surface area contributed by atoms with Crippen LogP contribution in [0.1, 0.15) is 39.5 Å². The molecule has 0 aliphatic heterocycles. The highest BCUT2D eigenvalue weighted by Gasteiger charge is 2.32. The van der Waals surface area contributed by atoms with Gasteiger partial charge in [-0.05, 0) is 51.7 Å². The van der Waals surface area contributed by atoms with Crippen LogP contribution < -0.4 is 9.47 Å². The Morgan fingerprint density at radius 3 is 2.29 bits per heavy atom. The minimum absolute atomic E-state index is 0.105. The van der Waals surface area contributed by atoms with E-state index < -0.39 is 29.0 Å². The predicted molar refractivity (Wildman–Crippen MR) is 74.3 cm³/mol. The van der Waals surface area contributed by atoms with Crippen LogP contribution in [-0.2, 0) is 4.79 Å². The van der Waals surface area contributed by atoms with Crippen molar-refractivity contribution in [1.82, 2.24) is 0 Å². The molecular weight excluding hydrogens is 278 g/mol. The first kappa shape index (κ1) is 15.5. The summed E-state index contributed by atoms with van der Waals surface area (Å²) in [5, 5.41) is 0. The Bertz CT molecular complexity index is 575. The fraction of sp³-hybridized carbons (Fsp3) is 0.438. The lowest BCUT2D eigenvalue weighted by Gasteiger charge is -2.26. The van der Waals surface area contributed by atoms with E-state index in [1.807, 2.05) is 6.92 Å². The summed E-state index contributed by atoms with van der Waals surface area (Å²) in [6, 6.07) is 2.47. The number of rotatable bonds is 4. The second-order valence-electron chi connectivity index (χ2n) is 5.62. The summed E-state index contributed by atoms with van der Waals surface area (Å²) < 4.78 is 38.3. The molecule has 1 aromatic rings. The number of hydrogen-bond donors (Lipinski definition) is 0. The third-order valence-electron chi connectivity index (χ3n) is 3.58. The van der Waals surface area contributed by atoms with Crippen molar-refractivity contribution in [3.8, 4) is 11.5 Å². The number of ether oxygens (including phenoxy) is 2. The van der Waals surface area contributed by atoms with Crippen LogP contribution in [0, 0.1) is 11.6 Å². The maximum Gasteiger partial charge on any atom is 0.338 e. The Hall–Kier alpha value is -1.91. The van der Waals surface area contributed by atoms with Crippen molar-refractivity contribution in [2.24, 2.45) is 0 Å². The Labute approximate surface area is 122 Å². The lowest BCUT2D eigenvalue weighted by atomic mass is 10.1. The molecule has 5 heteroatoms. The molecule has 1 aliphatic rings. The maximum atomic E-state index is 14.0. The molecule has 0 aromatic heterocycles. The zero-order valence-electron chi connectivity index (χ0n) is 12.2. The van der Waals surface area contributed by atoms with Gasteiger partial charge in [-0.1, -0.05) is 6.58 Å². The first-order chi connectivity index (χ1) is 9.82. The monoisotopic (exact) mass is 296 g/mol. The van der Waals surface area contributed by atoms with Crippen molar-refractivity contribution in [3.05, 3.63) is 35.9 Å². The average molecular weight is 296 g/mol. The van der Waals surface area contributed by atoms with Crippen molar-refractivity contribution < 1.29 is 23.0 Å². The second kappa shape index (κ2) is 5.84. The Morgan fingerprint density at radius 1 is 1.19 bits per heavy atom. The van der Waals surface area contributed by atoms with E-state index in [4.69, 9.17) is 9.47 Å². The Kier molecular flexibility index (Phi) is 4.30. The lowest BCUT2D eigenvalue weighted by Crippen LogP contribution is -2.28. The zero-order valence-corrected chi connectivity index (χ0v) is 12.2. The molecule has 0 N–H and O–H groups in total. The largest absolute Gasteiger partial charge is 0.484 e. The standard InChI is InChI=1S/C16H18F2O3/c1-10(2)15(19)20-11-6-7-12(14(18)13(11)17)21-16(3)8-4-5-9-16/h6-7H,1,4-5,8-9H2,2-3H3. The molecule has 0 heterocycles. The fourth-order valence-electron chi connectivity index (χ4n) is 2.35. The summed E-state index contributed by atoms with van der Waals surface area (Å²) in [7, 11) is 0. The number of esters is 1. The minimum Gasteiger partial charge on any atom is -0.484 e. The molecule has 0 radical (unpaired) electrons. The normalized spacial score (nSPS) is 16.6. The highest BCUT2D eigenvalue weighted by atomic mass is 19.2. The highest BCUT2D eigenvalue weighted by molar-refractivity contribution is 5.88. The van der Waals surface area contributed by atoms with E-state index >= 15 is 0 Å². The first-order valence-electron chi connectivity index (χ1n) is 6.87. The molecular formula is C16H18F2O3. The summed E-state index contributed by atoms with van der Waals surface area (Å²) in [6.07, 6.45) is 3.63. The van der Waals surface area contributed by atoms with Crippen LogP contribution in [0.4, 0.5) is 8.78 Å². The summed E-state index contributed by atoms with van der Waals surface area (Å²) >= 11 is 0. The van der Waals surface area contributed by atoms with Crippen LogP contribution in [0.2, 0.25) is 0 Å². The molecule has 1 saturated carbocycles. The van der Waals surface area contributed by atoms with Crippen LogP contribution in [0.3, 0.4) is 0 Å². The van der Waals surface area contributed by atoms with Gasteiger partial charge in [-0.25, -0.2) is 4.79 Å². The lowest BCUT2D eigenvalue weighted by molar-refractivity contribution is -0.130. The van der Waals surface area contributed by atoms with Crippen molar-refractivity contribution in [3.63, 3.8) is 0 Å². The van der Waals surface area contributed by atoms with Gasteiger partial charge in [-0.2, -0.15) is 8.78 Å².